The van der Waals surface area contributed by atoms with Gasteiger partial charge in [0, 0.05) is 11.8 Å². The Kier molecular flexibility index (Phi) is 4.69. The lowest BCUT2D eigenvalue weighted by Crippen LogP contribution is -2.17. The number of rotatable bonds is 3. The van der Waals surface area contributed by atoms with Gasteiger partial charge in [-0.2, -0.15) is 5.10 Å². The van der Waals surface area contributed by atoms with Crippen LogP contribution in [0.1, 0.15) is 15.9 Å². The second-order valence-corrected chi connectivity index (χ2v) is 6.39. The lowest BCUT2D eigenvalue weighted by atomic mass is 10.1. The van der Waals surface area contributed by atoms with Gasteiger partial charge in [-0.15, -0.1) is 0 Å². The van der Waals surface area contributed by atoms with E-state index in [9.17, 15) is 26.7 Å². The topological polar surface area (TPSA) is 59.3 Å². The molecule has 2 aromatic heterocycles. The highest BCUT2D eigenvalue weighted by atomic mass is 19.2. The normalized spacial score (nSPS) is 11.1. The molecule has 0 aliphatic heterocycles. The molecule has 152 valence electrons. The number of hydrogen-bond acceptors (Lipinski definition) is 3. The zero-order valence-electron chi connectivity index (χ0n) is 15.2. The molecule has 0 spiro atoms. The molecular weight excluding hydrogens is 407 g/mol. The van der Waals surface area contributed by atoms with Crippen molar-refractivity contribution >= 4 is 17.2 Å². The molecule has 0 fully saturated rings. The molecule has 4 rings (SSSR count). The molecule has 0 unspecified atom stereocenters. The highest BCUT2D eigenvalue weighted by Gasteiger charge is 2.28. The lowest BCUT2D eigenvalue weighted by molar-refractivity contribution is 0.102. The van der Waals surface area contributed by atoms with Crippen molar-refractivity contribution in [1.82, 2.24) is 14.6 Å². The van der Waals surface area contributed by atoms with E-state index in [4.69, 9.17) is 0 Å². The Hall–Kier alpha value is -3.82. The minimum Gasteiger partial charge on any atom is -0.317 e. The van der Waals surface area contributed by atoms with Gasteiger partial charge in [-0.05, 0) is 13.0 Å². The van der Waals surface area contributed by atoms with Gasteiger partial charge in [0.1, 0.15) is 11.3 Å². The highest BCUT2D eigenvalue weighted by molar-refractivity contribution is 6.08. The molecule has 30 heavy (non-hydrogen) atoms. The molecule has 0 radical (unpaired) electrons. The molecule has 10 heteroatoms. The number of carbonyl (C=O) groups is 1. The second kappa shape index (κ2) is 7.21. The average molecular weight is 418 g/mol. The molecule has 0 bridgehead atoms. The minimum absolute atomic E-state index is 0.0365. The van der Waals surface area contributed by atoms with Gasteiger partial charge in [-0.25, -0.2) is 31.5 Å². The summed E-state index contributed by atoms with van der Waals surface area (Å²) in [6, 6.07) is 9.07. The maximum Gasteiger partial charge on any atom is 0.261 e. The fourth-order valence-electron chi connectivity index (χ4n) is 2.89. The predicted molar refractivity (Wildman–Crippen MR) is 97.3 cm³/mol. The van der Waals surface area contributed by atoms with Crippen LogP contribution in [0.3, 0.4) is 0 Å². The SMILES string of the molecule is Cc1ccc(-c2ccnc3c(C(=O)Nc4c(F)c(F)c(F)c(F)c4F)cnn23)cc1. The number of anilines is 1. The van der Waals surface area contributed by atoms with E-state index in [0.717, 1.165) is 17.3 Å². The van der Waals surface area contributed by atoms with Crippen molar-refractivity contribution in [3.05, 3.63) is 82.9 Å². The zero-order chi connectivity index (χ0) is 21.6. The van der Waals surface area contributed by atoms with Crippen molar-refractivity contribution in [3.63, 3.8) is 0 Å². The Morgan fingerprint density at radius 3 is 2.13 bits per heavy atom. The summed E-state index contributed by atoms with van der Waals surface area (Å²) in [6.07, 6.45) is 2.49. The van der Waals surface area contributed by atoms with Gasteiger partial charge in [0.05, 0.1) is 11.9 Å². The molecule has 0 atom stereocenters. The van der Waals surface area contributed by atoms with Crippen LogP contribution in [-0.2, 0) is 0 Å². The summed E-state index contributed by atoms with van der Waals surface area (Å²) in [6.45, 7) is 1.92. The van der Waals surface area contributed by atoms with Crippen molar-refractivity contribution in [2.45, 2.75) is 6.92 Å². The van der Waals surface area contributed by atoms with Crippen LogP contribution in [0.2, 0.25) is 0 Å². The number of carbonyl (C=O) groups excluding carboxylic acids is 1. The maximum atomic E-state index is 13.9. The van der Waals surface area contributed by atoms with E-state index >= 15 is 0 Å². The van der Waals surface area contributed by atoms with Crippen LogP contribution in [0.25, 0.3) is 16.9 Å². The minimum atomic E-state index is -2.32. The first-order chi connectivity index (χ1) is 14.3. The van der Waals surface area contributed by atoms with Crippen molar-refractivity contribution in [2.24, 2.45) is 0 Å². The molecule has 2 aromatic carbocycles. The van der Waals surface area contributed by atoms with Crippen LogP contribution in [0, 0.1) is 36.0 Å². The standard InChI is InChI=1S/C20H11F5N4O/c1-9-2-4-10(5-3-9)12-6-7-26-19-11(8-27-29(12)19)20(30)28-18-16(24)14(22)13(21)15(23)17(18)25/h2-8H,1H3,(H,28,30). The van der Waals surface area contributed by atoms with Crippen LogP contribution >= 0.6 is 0 Å². The van der Waals surface area contributed by atoms with Gasteiger partial charge >= 0.3 is 0 Å². The number of nitrogens with zero attached hydrogens (tertiary/aromatic N) is 3. The van der Waals surface area contributed by atoms with Gasteiger partial charge in [0.2, 0.25) is 5.82 Å². The summed E-state index contributed by atoms with van der Waals surface area (Å²) in [4.78, 5) is 16.6. The van der Waals surface area contributed by atoms with E-state index in [1.54, 1.807) is 11.4 Å². The number of nitrogens with one attached hydrogen (secondary N) is 1. The summed E-state index contributed by atoms with van der Waals surface area (Å²) < 4.78 is 69.0. The predicted octanol–water partition coefficient (Wildman–Crippen LogP) is 4.65. The summed E-state index contributed by atoms with van der Waals surface area (Å²) in [5.74, 6) is -12.1. The molecule has 0 aliphatic rings. The number of aryl methyl sites for hydroxylation is 1. The monoisotopic (exact) mass is 418 g/mol. The van der Waals surface area contributed by atoms with E-state index in [1.165, 1.54) is 10.7 Å². The Bertz CT molecular complexity index is 1270. The number of hydrogen-bond donors (Lipinski definition) is 1. The third-order valence-corrected chi connectivity index (χ3v) is 4.44. The molecule has 0 saturated heterocycles. The number of aromatic nitrogens is 3. The van der Waals surface area contributed by atoms with Gasteiger partial charge in [0.25, 0.3) is 5.91 Å². The summed E-state index contributed by atoms with van der Waals surface area (Å²) in [5.41, 5.74) is 0.748. The van der Waals surface area contributed by atoms with Crippen LogP contribution in [0.5, 0.6) is 0 Å². The highest BCUT2D eigenvalue weighted by Crippen LogP contribution is 2.28. The third kappa shape index (κ3) is 3.06. The van der Waals surface area contributed by atoms with E-state index < -0.39 is 40.7 Å². The largest absolute Gasteiger partial charge is 0.317 e. The van der Waals surface area contributed by atoms with Gasteiger partial charge < -0.3 is 5.32 Å². The van der Waals surface area contributed by atoms with Crippen LogP contribution < -0.4 is 5.32 Å². The molecule has 1 N–H and O–H groups in total. The van der Waals surface area contributed by atoms with E-state index in [2.05, 4.69) is 10.1 Å². The molecule has 4 aromatic rings. The Morgan fingerprint density at radius 2 is 1.50 bits per heavy atom. The average Bonchev–Trinajstić information content (AvgIpc) is 3.19. The zero-order valence-corrected chi connectivity index (χ0v) is 15.2. The number of amides is 1. The van der Waals surface area contributed by atoms with E-state index in [1.807, 2.05) is 31.2 Å². The quantitative estimate of drug-likeness (QED) is 0.299. The van der Waals surface area contributed by atoms with E-state index in [0.29, 0.717) is 5.69 Å². The van der Waals surface area contributed by atoms with Crippen molar-refractivity contribution in [1.29, 1.82) is 0 Å². The third-order valence-electron chi connectivity index (χ3n) is 4.44. The van der Waals surface area contributed by atoms with Crippen molar-refractivity contribution in [3.8, 4) is 11.3 Å². The lowest BCUT2D eigenvalue weighted by Gasteiger charge is -2.09. The molecule has 0 aliphatic carbocycles. The fraction of sp³-hybridized carbons (Fsp3) is 0.0500. The van der Waals surface area contributed by atoms with Crippen molar-refractivity contribution < 1.29 is 26.7 Å². The maximum absolute atomic E-state index is 13.9. The Morgan fingerprint density at radius 1 is 0.900 bits per heavy atom. The van der Waals surface area contributed by atoms with Crippen LogP contribution in [-0.4, -0.2) is 20.5 Å². The van der Waals surface area contributed by atoms with Crippen LogP contribution in [0.15, 0.2) is 42.7 Å². The summed E-state index contributed by atoms with van der Waals surface area (Å²) >= 11 is 0. The molecule has 0 saturated carbocycles. The number of fused-ring (bicyclic) bond motifs is 1. The molecule has 2 heterocycles. The number of benzene rings is 2. The smallest absolute Gasteiger partial charge is 0.261 e. The van der Waals surface area contributed by atoms with Gasteiger partial charge in [0.15, 0.2) is 28.9 Å². The van der Waals surface area contributed by atoms with Gasteiger partial charge in [-0.1, -0.05) is 29.8 Å². The Labute approximate surface area is 165 Å². The van der Waals surface area contributed by atoms with E-state index in [-0.39, 0.29) is 11.2 Å². The summed E-state index contributed by atoms with van der Waals surface area (Å²) in [7, 11) is 0. The first kappa shape index (κ1) is 19.5. The van der Waals surface area contributed by atoms with Gasteiger partial charge in [-0.3, -0.25) is 4.79 Å². The van der Waals surface area contributed by atoms with Crippen molar-refractivity contribution in [2.75, 3.05) is 5.32 Å². The van der Waals surface area contributed by atoms with Crippen LogP contribution in [0.4, 0.5) is 27.6 Å². The first-order valence-corrected chi connectivity index (χ1v) is 8.52. The first-order valence-electron chi connectivity index (χ1n) is 8.52. The summed E-state index contributed by atoms with van der Waals surface area (Å²) in [5, 5.41) is 5.79. The second-order valence-electron chi connectivity index (χ2n) is 6.39. The molecule has 5 nitrogen and oxygen atoms in total. The Balaban J connectivity index is 1.76. The molecular formula is C20H11F5N4O. The fourth-order valence-corrected chi connectivity index (χ4v) is 2.89. The number of halogens is 5. The molecule has 1 amide bonds.